The molecular formula is C20H23NO6. The predicted molar refractivity (Wildman–Crippen MR) is 98.7 cm³/mol. The molecule has 7 nitrogen and oxygen atoms in total. The van der Waals surface area contributed by atoms with Gasteiger partial charge < -0.3 is 14.9 Å². The molecule has 3 rings (SSSR count). The molecule has 2 N–H and O–H groups in total. The largest absolute Gasteiger partial charge is 0.458 e. The highest BCUT2D eigenvalue weighted by molar-refractivity contribution is 5.76. The minimum Gasteiger partial charge on any atom is -0.458 e. The lowest BCUT2D eigenvalue weighted by Gasteiger charge is -2.27. The van der Waals surface area contributed by atoms with Crippen molar-refractivity contribution in [2.45, 2.75) is 51.4 Å². The van der Waals surface area contributed by atoms with Crippen molar-refractivity contribution < 1.29 is 24.7 Å². The van der Waals surface area contributed by atoms with Gasteiger partial charge in [0.1, 0.15) is 6.10 Å². The molecule has 1 aromatic rings. The Balaban J connectivity index is 1.93. The number of aliphatic hydroxyl groups is 2. The zero-order chi connectivity index (χ0) is 19.8. The fourth-order valence-corrected chi connectivity index (χ4v) is 3.63. The van der Waals surface area contributed by atoms with Gasteiger partial charge in [0.05, 0.1) is 23.6 Å². The summed E-state index contributed by atoms with van der Waals surface area (Å²) in [5.74, 6) is -0.432. The minimum atomic E-state index is -0.716. The van der Waals surface area contributed by atoms with E-state index in [9.17, 15) is 25.1 Å². The zero-order valence-electron chi connectivity index (χ0n) is 15.3. The van der Waals surface area contributed by atoms with E-state index in [2.05, 4.69) is 0 Å². The van der Waals surface area contributed by atoms with Crippen molar-refractivity contribution in [1.29, 1.82) is 0 Å². The molecule has 2 aliphatic rings. The van der Waals surface area contributed by atoms with Gasteiger partial charge >= 0.3 is 5.97 Å². The van der Waals surface area contributed by atoms with Crippen molar-refractivity contribution in [3.8, 4) is 0 Å². The first-order valence-corrected chi connectivity index (χ1v) is 8.90. The maximum Gasteiger partial charge on any atom is 0.309 e. The molecule has 144 valence electrons. The molecule has 7 heteroatoms. The fourth-order valence-electron chi connectivity index (χ4n) is 3.63. The maximum absolute atomic E-state index is 11.5. The summed E-state index contributed by atoms with van der Waals surface area (Å²) >= 11 is 0. The molecule has 27 heavy (non-hydrogen) atoms. The van der Waals surface area contributed by atoms with E-state index >= 15 is 0 Å². The van der Waals surface area contributed by atoms with Crippen LogP contribution >= 0.6 is 0 Å². The summed E-state index contributed by atoms with van der Waals surface area (Å²) in [4.78, 5) is 21.9. The molecule has 0 spiro atoms. The van der Waals surface area contributed by atoms with Gasteiger partial charge in [-0.3, -0.25) is 14.9 Å². The van der Waals surface area contributed by atoms with Crippen molar-refractivity contribution in [3.05, 3.63) is 57.7 Å². The van der Waals surface area contributed by atoms with Crippen LogP contribution < -0.4 is 0 Å². The number of rotatable bonds is 4. The van der Waals surface area contributed by atoms with Gasteiger partial charge in [0.2, 0.25) is 0 Å². The topological polar surface area (TPSA) is 110 Å². The molecule has 0 bridgehead atoms. The van der Waals surface area contributed by atoms with Gasteiger partial charge in [-0.05, 0) is 34.9 Å². The van der Waals surface area contributed by atoms with E-state index in [4.69, 9.17) is 4.74 Å². The summed E-state index contributed by atoms with van der Waals surface area (Å²) in [5, 5.41) is 31.1. The van der Waals surface area contributed by atoms with E-state index in [1.807, 2.05) is 19.9 Å². The van der Waals surface area contributed by atoms with E-state index in [1.165, 1.54) is 12.1 Å². The second kappa shape index (κ2) is 7.25. The quantitative estimate of drug-likeness (QED) is 0.477. The molecule has 0 saturated carbocycles. The van der Waals surface area contributed by atoms with Crippen LogP contribution in [0.3, 0.4) is 0 Å². The van der Waals surface area contributed by atoms with Crippen LogP contribution in [0.25, 0.3) is 5.57 Å². The third-order valence-corrected chi connectivity index (χ3v) is 5.34. The van der Waals surface area contributed by atoms with Crippen molar-refractivity contribution in [2.24, 2.45) is 5.41 Å². The number of aliphatic hydroxyl groups excluding tert-OH is 2. The number of ether oxygens (including phenoxy) is 1. The number of cyclic esters (lactones) is 1. The second-order valence-electron chi connectivity index (χ2n) is 7.62. The van der Waals surface area contributed by atoms with Crippen LogP contribution in [0.1, 0.15) is 38.7 Å². The van der Waals surface area contributed by atoms with E-state index in [0.29, 0.717) is 12.8 Å². The summed E-state index contributed by atoms with van der Waals surface area (Å²) in [6.45, 7) is 3.86. The predicted octanol–water partition coefficient (Wildman–Crippen LogP) is 2.76. The van der Waals surface area contributed by atoms with Crippen LogP contribution in [0.15, 0.2) is 42.0 Å². The first kappa shape index (κ1) is 19.3. The molecule has 3 atom stereocenters. The lowest BCUT2D eigenvalue weighted by atomic mass is 9.82. The van der Waals surface area contributed by atoms with E-state index in [0.717, 1.165) is 16.7 Å². The highest BCUT2D eigenvalue weighted by Crippen LogP contribution is 2.47. The van der Waals surface area contributed by atoms with Crippen molar-refractivity contribution in [2.75, 3.05) is 0 Å². The van der Waals surface area contributed by atoms with Gasteiger partial charge in [-0.2, -0.15) is 0 Å². The van der Waals surface area contributed by atoms with E-state index in [1.54, 1.807) is 18.2 Å². The number of allylic oxidation sites excluding steroid dienone is 1. The smallest absolute Gasteiger partial charge is 0.309 e. The molecule has 1 aliphatic heterocycles. The zero-order valence-corrected chi connectivity index (χ0v) is 15.3. The van der Waals surface area contributed by atoms with Crippen molar-refractivity contribution >= 4 is 17.2 Å². The number of non-ortho nitro benzene ring substituents is 1. The highest BCUT2D eigenvalue weighted by atomic mass is 16.6. The van der Waals surface area contributed by atoms with Crippen molar-refractivity contribution in [1.82, 2.24) is 0 Å². The first-order chi connectivity index (χ1) is 12.7. The van der Waals surface area contributed by atoms with E-state index < -0.39 is 34.6 Å². The summed E-state index contributed by atoms with van der Waals surface area (Å²) in [6.07, 6.45) is 2.52. The Morgan fingerprint density at radius 1 is 1.22 bits per heavy atom. The number of hydrogen-bond donors (Lipinski definition) is 2. The third-order valence-electron chi connectivity index (χ3n) is 5.34. The molecule has 1 saturated heterocycles. The first-order valence-electron chi connectivity index (χ1n) is 8.90. The Hall–Kier alpha value is -2.51. The molecule has 0 radical (unpaired) electrons. The Morgan fingerprint density at radius 2 is 1.89 bits per heavy atom. The number of nitrogens with zero attached hydrogens (tertiary/aromatic N) is 1. The number of nitro groups is 1. The number of carbonyl (C=O) groups excluding carboxylic acids is 1. The van der Waals surface area contributed by atoms with Gasteiger partial charge in [-0.25, -0.2) is 0 Å². The average Bonchev–Trinajstić information content (AvgIpc) is 2.82. The Morgan fingerprint density at radius 3 is 2.48 bits per heavy atom. The van der Waals surface area contributed by atoms with Crippen LogP contribution in [0.4, 0.5) is 5.69 Å². The summed E-state index contributed by atoms with van der Waals surface area (Å²) in [7, 11) is 0. The minimum absolute atomic E-state index is 0.00525. The Labute approximate surface area is 157 Å². The molecule has 1 aliphatic carbocycles. The molecular weight excluding hydrogens is 350 g/mol. The number of nitro benzene ring substituents is 1. The molecule has 1 fully saturated rings. The fraction of sp³-hybridized carbons (Fsp3) is 0.450. The lowest BCUT2D eigenvalue weighted by molar-refractivity contribution is -0.384. The van der Waals surface area contributed by atoms with Crippen molar-refractivity contribution in [3.63, 3.8) is 0 Å². The molecule has 1 unspecified atom stereocenters. The standard InChI is InChI=1S/C20H23NO6/c1-20(2)17(8-7-15-9-14(22)10-19(24)27-15)16(11-18(20)23)12-3-5-13(6-4-12)21(25)26/h3-8,14-15,18,22-23H,9-11H2,1-2H3/t14-,15-,18?/m1/s1. The maximum atomic E-state index is 11.5. The van der Waals surface area contributed by atoms with Crippen LogP contribution in [0.2, 0.25) is 0 Å². The number of esters is 1. The highest BCUT2D eigenvalue weighted by Gasteiger charge is 2.40. The van der Waals surface area contributed by atoms with Gasteiger partial charge in [-0.15, -0.1) is 0 Å². The average molecular weight is 373 g/mol. The van der Waals surface area contributed by atoms with Gasteiger partial charge in [0, 0.05) is 30.4 Å². The van der Waals surface area contributed by atoms with Crippen LogP contribution in [0, 0.1) is 15.5 Å². The van der Waals surface area contributed by atoms with Crippen LogP contribution in [-0.2, 0) is 9.53 Å². The van der Waals surface area contributed by atoms with Gasteiger partial charge in [-0.1, -0.05) is 19.9 Å². The van der Waals surface area contributed by atoms with Crippen LogP contribution in [-0.4, -0.2) is 39.4 Å². The number of hydrogen-bond acceptors (Lipinski definition) is 6. The Kier molecular flexibility index (Phi) is 5.17. The normalized spacial score (nSPS) is 27.9. The number of carbonyl (C=O) groups is 1. The lowest BCUT2D eigenvalue weighted by Crippen LogP contribution is -2.31. The van der Waals surface area contributed by atoms with Crippen LogP contribution in [0.5, 0.6) is 0 Å². The molecule has 0 aromatic heterocycles. The molecule has 1 aromatic carbocycles. The second-order valence-corrected chi connectivity index (χ2v) is 7.62. The number of benzene rings is 1. The molecule has 1 heterocycles. The summed E-state index contributed by atoms with van der Waals surface area (Å²) in [5.41, 5.74) is 2.09. The summed E-state index contributed by atoms with van der Waals surface area (Å²) < 4.78 is 5.25. The van der Waals surface area contributed by atoms with Gasteiger partial charge in [0.25, 0.3) is 5.69 Å². The summed E-state index contributed by atoms with van der Waals surface area (Å²) in [6, 6.07) is 6.25. The monoisotopic (exact) mass is 373 g/mol. The third kappa shape index (κ3) is 3.94. The van der Waals surface area contributed by atoms with Gasteiger partial charge in [0.15, 0.2) is 0 Å². The van der Waals surface area contributed by atoms with E-state index in [-0.39, 0.29) is 12.1 Å². The molecule has 0 amide bonds. The SMILES string of the molecule is CC1(C)C(C=C[C@@H]2C[C@@H](O)CC(=O)O2)=C(c2ccc([N+](=O)[O-])cc2)CC1O. The Bertz CT molecular complexity index is 808.